The Balaban J connectivity index is 2.50. The maximum atomic E-state index is 11.7. The normalized spacial score (nSPS) is 12.5. The Morgan fingerprint density at radius 1 is 1.56 bits per heavy atom. The summed E-state index contributed by atoms with van der Waals surface area (Å²) >= 11 is 0. The van der Waals surface area contributed by atoms with Crippen molar-refractivity contribution in [1.82, 2.24) is 10.3 Å². The lowest BCUT2D eigenvalue weighted by Gasteiger charge is -2.09. The van der Waals surface area contributed by atoms with Crippen LogP contribution in [0.15, 0.2) is 4.42 Å². The molecule has 0 spiro atoms. The van der Waals surface area contributed by atoms with Crippen molar-refractivity contribution < 1.29 is 14.3 Å². The van der Waals surface area contributed by atoms with E-state index in [1.165, 1.54) is 0 Å². The van der Waals surface area contributed by atoms with Gasteiger partial charge in [-0.1, -0.05) is 6.92 Å². The molecule has 0 bridgehead atoms. The summed E-state index contributed by atoms with van der Waals surface area (Å²) in [7, 11) is 0. The molecule has 0 aliphatic carbocycles. The molecule has 0 saturated heterocycles. The summed E-state index contributed by atoms with van der Waals surface area (Å²) in [5.74, 6) is 0.765. The van der Waals surface area contributed by atoms with Crippen molar-refractivity contribution in [2.75, 3.05) is 13.2 Å². The van der Waals surface area contributed by atoms with Gasteiger partial charge in [-0.15, -0.1) is 0 Å². The van der Waals surface area contributed by atoms with Gasteiger partial charge in [0.05, 0.1) is 5.69 Å². The van der Waals surface area contributed by atoms with Crippen LogP contribution in [0.1, 0.15) is 35.5 Å². The Morgan fingerprint density at radius 3 is 2.75 bits per heavy atom. The lowest BCUT2D eigenvalue weighted by Crippen LogP contribution is -2.28. The number of aryl methyl sites for hydroxylation is 2. The number of nitrogens with zero attached hydrogens (tertiary/aromatic N) is 1. The van der Waals surface area contributed by atoms with Gasteiger partial charge in [0.25, 0.3) is 5.91 Å². The second-order valence-electron chi connectivity index (χ2n) is 3.97. The third-order valence-electron chi connectivity index (χ3n) is 2.34. The molecule has 90 valence electrons. The number of rotatable bonds is 5. The van der Waals surface area contributed by atoms with Gasteiger partial charge in [0, 0.05) is 20.1 Å². The minimum absolute atomic E-state index is 0.136. The highest BCUT2D eigenvalue weighted by molar-refractivity contribution is 5.92. The quantitative estimate of drug-likeness (QED) is 0.786. The van der Waals surface area contributed by atoms with Crippen molar-refractivity contribution in [3.63, 3.8) is 0 Å². The molecule has 1 aromatic rings. The van der Waals surface area contributed by atoms with E-state index in [0.717, 1.165) is 0 Å². The summed E-state index contributed by atoms with van der Waals surface area (Å²) < 4.78 is 5.20. The van der Waals surface area contributed by atoms with Crippen LogP contribution in [0.2, 0.25) is 0 Å². The van der Waals surface area contributed by atoms with Crippen molar-refractivity contribution in [3.8, 4) is 0 Å². The van der Waals surface area contributed by atoms with Gasteiger partial charge >= 0.3 is 0 Å². The lowest BCUT2D eigenvalue weighted by atomic mass is 10.1. The number of aromatic nitrogens is 1. The Labute approximate surface area is 94.9 Å². The summed E-state index contributed by atoms with van der Waals surface area (Å²) in [5, 5.41) is 11.5. The van der Waals surface area contributed by atoms with Gasteiger partial charge in [-0.3, -0.25) is 4.79 Å². The molecule has 5 nitrogen and oxygen atoms in total. The molecular formula is C11H18N2O3. The second-order valence-corrected chi connectivity index (χ2v) is 3.97. The molecule has 0 aromatic carbocycles. The first-order valence-corrected chi connectivity index (χ1v) is 5.37. The van der Waals surface area contributed by atoms with Gasteiger partial charge in [-0.25, -0.2) is 4.98 Å². The highest BCUT2D eigenvalue weighted by atomic mass is 16.4. The Bertz CT molecular complexity index is 360. The molecule has 1 heterocycles. The van der Waals surface area contributed by atoms with Gasteiger partial charge in [0.1, 0.15) is 0 Å². The van der Waals surface area contributed by atoms with E-state index in [1.807, 2.05) is 6.92 Å². The second kappa shape index (κ2) is 5.65. The smallest absolute Gasteiger partial charge is 0.289 e. The molecule has 1 rings (SSSR count). The number of carbonyl (C=O) groups is 1. The molecule has 2 N–H and O–H groups in total. The fourth-order valence-electron chi connectivity index (χ4n) is 1.41. The summed E-state index contributed by atoms with van der Waals surface area (Å²) in [4.78, 5) is 15.7. The maximum Gasteiger partial charge on any atom is 0.289 e. The van der Waals surface area contributed by atoms with Crippen molar-refractivity contribution >= 4 is 5.91 Å². The lowest BCUT2D eigenvalue weighted by molar-refractivity contribution is 0.0915. The zero-order valence-corrected chi connectivity index (χ0v) is 9.91. The Hall–Kier alpha value is -1.36. The molecule has 0 aliphatic rings. The van der Waals surface area contributed by atoms with E-state index in [4.69, 9.17) is 9.52 Å². The van der Waals surface area contributed by atoms with E-state index in [2.05, 4.69) is 10.3 Å². The van der Waals surface area contributed by atoms with Crippen LogP contribution in [0, 0.1) is 19.8 Å². The third-order valence-corrected chi connectivity index (χ3v) is 2.34. The number of nitrogens with one attached hydrogen (secondary N) is 1. The van der Waals surface area contributed by atoms with Crippen LogP contribution in [0.25, 0.3) is 0 Å². The molecule has 1 aromatic heterocycles. The molecule has 0 aliphatic heterocycles. The van der Waals surface area contributed by atoms with Crippen LogP contribution in [0.4, 0.5) is 0 Å². The largest absolute Gasteiger partial charge is 0.436 e. The molecule has 1 atom stereocenters. The first-order valence-electron chi connectivity index (χ1n) is 5.37. The van der Waals surface area contributed by atoms with E-state index in [0.29, 0.717) is 24.6 Å². The van der Waals surface area contributed by atoms with Crippen LogP contribution >= 0.6 is 0 Å². The predicted molar refractivity (Wildman–Crippen MR) is 59.2 cm³/mol. The highest BCUT2D eigenvalue weighted by Gasteiger charge is 2.15. The minimum Gasteiger partial charge on any atom is -0.436 e. The van der Waals surface area contributed by atoms with Gasteiger partial charge < -0.3 is 14.8 Å². The van der Waals surface area contributed by atoms with Crippen LogP contribution in [0.5, 0.6) is 0 Å². The number of hydrogen-bond donors (Lipinski definition) is 2. The molecule has 1 amide bonds. The monoisotopic (exact) mass is 226 g/mol. The number of aliphatic hydroxyl groups is 1. The third kappa shape index (κ3) is 3.34. The van der Waals surface area contributed by atoms with Gasteiger partial charge in [0.15, 0.2) is 5.89 Å². The summed E-state index contributed by atoms with van der Waals surface area (Å²) in [5.41, 5.74) is 0.602. The SMILES string of the molecule is Cc1nc(C)c(C(=O)NCC(C)CCO)o1. The zero-order valence-electron chi connectivity index (χ0n) is 9.91. The standard InChI is InChI=1S/C11H18N2O3/c1-7(4-5-14)6-12-11(15)10-8(2)13-9(3)16-10/h7,14H,4-6H2,1-3H3,(H,12,15). The highest BCUT2D eigenvalue weighted by Crippen LogP contribution is 2.09. The van der Waals surface area contributed by atoms with Crippen LogP contribution in [0.3, 0.4) is 0 Å². The summed E-state index contributed by atoms with van der Waals surface area (Å²) in [6.45, 7) is 6.08. The van der Waals surface area contributed by atoms with Gasteiger partial charge in [0.2, 0.25) is 5.76 Å². The van der Waals surface area contributed by atoms with Crippen molar-refractivity contribution in [2.24, 2.45) is 5.92 Å². The predicted octanol–water partition coefficient (Wildman–Crippen LogP) is 1.04. The molecule has 5 heteroatoms. The molecule has 16 heavy (non-hydrogen) atoms. The number of oxazole rings is 1. The average Bonchev–Trinajstić information content (AvgIpc) is 2.55. The van der Waals surface area contributed by atoms with Gasteiger partial charge in [-0.2, -0.15) is 0 Å². The molecule has 1 unspecified atom stereocenters. The minimum atomic E-state index is -0.247. The first kappa shape index (κ1) is 12.7. The van der Waals surface area contributed by atoms with Crippen molar-refractivity contribution in [1.29, 1.82) is 0 Å². The van der Waals surface area contributed by atoms with Crippen LogP contribution < -0.4 is 5.32 Å². The van der Waals surface area contributed by atoms with Crippen molar-refractivity contribution in [3.05, 3.63) is 17.3 Å². The molecule has 0 saturated carbocycles. The topological polar surface area (TPSA) is 75.4 Å². The maximum absolute atomic E-state index is 11.7. The van der Waals surface area contributed by atoms with Gasteiger partial charge in [-0.05, 0) is 19.3 Å². The average molecular weight is 226 g/mol. The van der Waals surface area contributed by atoms with E-state index in [-0.39, 0.29) is 24.2 Å². The molecule has 0 fully saturated rings. The summed E-state index contributed by atoms with van der Waals surface area (Å²) in [6, 6.07) is 0. The Kier molecular flexibility index (Phi) is 4.49. The number of aliphatic hydroxyl groups excluding tert-OH is 1. The zero-order chi connectivity index (χ0) is 12.1. The Morgan fingerprint density at radius 2 is 2.25 bits per heavy atom. The van der Waals surface area contributed by atoms with E-state index >= 15 is 0 Å². The van der Waals surface area contributed by atoms with Crippen LogP contribution in [-0.4, -0.2) is 29.1 Å². The summed E-state index contributed by atoms with van der Waals surface area (Å²) in [6.07, 6.45) is 0.675. The number of carbonyl (C=O) groups excluding carboxylic acids is 1. The number of hydrogen-bond acceptors (Lipinski definition) is 4. The van der Waals surface area contributed by atoms with Crippen molar-refractivity contribution in [2.45, 2.75) is 27.2 Å². The fourth-order valence-corrected chi connectivity index (χ4v) is 1.41. The number of amides is 1. The molecular weight excluding hydrogens is 208 g/mol. The van der Waals surface area contributed by atoms with Crippen LogP contribution in [-0.2, 0) is 0 Å². The van der Waals surface area contributed by atoms with E-state index < -0.39 is 0 Å². The van der Waals surface area contributed by atoms with E-state index in [9.17, 15) is 4.79 Å². The first-order chi connectivity index (χ1) is 7.54. The molecule has 0 radical (unpaired) electrons. The fraction of sp³-hybridized carbons (Fsp3) is 0.636. The van der Waals surface area contributed by atoms with E-state index in [1.54, 1.807) is 13.8 Å².